The van der Waals surface area contributed by atoms with E-state index in [0.29, 0.717) is 24.8 Å². The van der Waals surface area contributed by atoms with Gasteiger partial charge in [0, 0.05) is 30.0 Å². The highest BCUT2D eigenvalue weighted by Gasteiger charge is 2.32. The van der Waals surface area contributed by atoms with Gasteiger partial charge < -0.3 is 10.2 Å². The number of anilines is 3. The van der Waals surface area contributed by atoms with Crippen LogP contribution in [0.4, 0.5) is 17.5 Å². The number of sulfone groups is 1. The molecule has 0 spiro atoms. The average Bonchev–Trinajstić information content (AvgIpc) is 2.95. The summed E-state index contributed by atoms with van der Waals surface area (Å²) in [5.41, 5.74) is 3.06. The molecule has 1 saturated heterocycles. The Bertz CT molecular complexity index is 895. The fraction of sp³-hybridized carbons (Fsp3) is 0.500. The van der Waals surface area contributed by atoms with Crippen LogP contribution in [0.2, 0.25) is 0 Å². The molecule has 3 rings (SSSR count). The minimum Gasteiger partial charge on any atom is -0.353 e. The van der Waals surface area contributed by atoms with Crippen molar-refractivity contribution in [3.05, 3.63) is 41.6 Å². The maximum absolute atomic E-state index is 11.9. The van der Waals surface area contributed by atoms with Crippen LogP contribution in [0.1, 0.15) is 44.4 Å². The average molecular weight is 389 g/mol. The second kappa shape index (κ2) is 7.84. The van der Waals surface area contributed by atoms with Crippen LogP contribution in [0, 0.1) is 6.92 Å². The third kappa shape index (κ3) is 4.77. The molecule has 1 aliphatic rings. The SMILES string of the molecule is CCN(c1cc(C)nc(Nc2ccc(C(C)C)cc2)n1)C1CCS(=O)(=O)C1. The molecule has 0 radical (unpaired) electrons. The van der Waals surface area contributed by atoms with Gasteiger partial charge in [-0.15, -0.1) is 0 Å². The molecular weight excluding hydrogens is 360 g/mol. The fourth-order valence-electron chi connectivity index (χ4n) is 3.46. The summed E-state index contributed by atoms with van der Waals surface area (Å²) in [5, 5.41) is 3.27. The van der Waals surface area contributed by atoms with Crippen LogP contribution in [-0.4, -0.2) is 42.5 Å². The quantitative estimate of drug-likeness (QED) is 0.814. The normalized spacial score (nSPS) is 18.6. The molecule has 1 aliphatic heterocycles. The molecule has 6 nitrogen and oxygen atoms in total. The highest BCUT2D eigenvalue weighted by Crippen LogP contribution is 2.25. The Balaban J connectivity index is 1.83. The minimum absolute atomic E-state index is 0.0209. The van der Waals surface area contributed by atoms with Crippen LogP contribution in [0.3, 0.4) is 0 Å². The molecule has 2 heterocycles. The van der Waals surface area contributed by atoms with Gasteiger partial charge in [-0.05, 0) is 43.9 Å². The molecule has 7 heteroatoms. The van der Waals surface area contributed by atoms with E-state index >= 15 is 0 Å². The standard InChI is InChI=1S/C20H28N4O2S/c1-5-24(18-10-11-27(25,26)13-18)19-12-15(4)21-20(23-19)22-17-8-6-16(7-9-17)14(2)3/h6-9,12,14,18H,5,10-11,13H2,1-4H3,(H,21,22,23). The molecule has 0 saturated carbocycles. The van der Waals surface area contributed by atoms with Crippen LogP contribution < -0.4 is 10.2 Å². The third-order valence-corrected chi connectivity index (χ3v) is 6.71. The fourth-order valence-corrected chi connectivity index (χ4v) is 5.19. The Morgan fingerprint density at radius 1 is 1.22 bits per heavy atom. The van der Waals surface area contributed by atoms with E-state index in [-0.39, 0.29) is 17.5 Å². The lowest BCUT2D eigenvalue weighted by molar-refractivity contribution is 0.599. The van der Waals surface area contributed by atoms with E-state index in [1.54, 1.807) is 0 Å². The molecule has 0 amide bonds. The van der Waals surface area contributed by atoms with Crippen molar-refractivity contribution >= 4 is 27.3 Å². The van der Waals surface area contributed by atoms with E-state index in [1.165, 1.54) is 5.56 Å². The van der Waals surface area contributed by atoms with E-state index in [2.05, 4.69) is 46.2 Å². The summed E-state index contributed by atoms with van der Waals surface area (Å²) in [4.78, 5) is 11.2. The molecule has 1 fully saturated rings. The van der Waals surface area contributed by atoms with Gasteiger partial charge >= 0.3 is 0 Å². The van der Waals surface area contributed by atoms with Gasteiger partial charge in [-0.1, -0.05) is 26.0 Å². The summed E-state index contributed by atoms with van der Waals surface area (Å²) in [7, 11) is -2.94. The molecule has 2 aromatic rings. The number of benzene rings is 1. The lowest BCUT2D eigenvalue weighted by atomic mass is 10.0. The first-order chi connectivity index (χ1) is 12.8. The van der Waals surface area contributed by atoms with Gasteiger partial charge in [0.2, 0.25) is 5.95 Å². The Morgan fingerprint density at radius 3 is 2.48 bits per heavy atom. The molecular formula is C20H28N4O2S. The number of aromatic nitrogens is 2. The molecule has 1 aromatic carbocycles. The number of hydrogen-bond acceptors (Lipinski definition) is 6. The van der Waals surface area contributed by atoms with Crippen molar-refractivity contribution in [1.29, 1.82) is 0 Å². The molecule has 0 bridgehead atoms. The van der Waals surface area contributed by atoms with Crippen molar-refractivity contribution in [3.63, 3.8) is 0 Å². The zero-order chi connectivity index (χ0) is 19.6. The van der Waals surface area contributed by atoms with E-state index < -0.39 is 9.84 Å². The number of aryl methyl sites for hydroxylation is 1. The van der Waals surface area contributed by atoms with Crippen LogP contribution >= 0.6 is 0 Å². The number of rotatable bonds is 6. The van der Waals surface area contributed by atoms with E-state index in [9.17, 15) is 8.42 Å². The third-order valence-electron chi connectivity index (χ3n) is 4.96. The van der Waals surface area contributed by atoms with Crippen molar-refractivity contribution in [2.75, 3.05) is 28.3 Å². The Kier molecular flexibility index (Phi) is 5.69. The molecule has 1 unspecified atom stereocenters. The summed E-state index contributed by atoms with van der Waals surface area (Å²) in [6, 6.07) is 10.2. The van der Waals surface area contributed by atoms with E-state index in [4.69, 9.17) is 0 Å². The summed E-state index contributed by atoms with van der Waals surface area (Å²) in [6.07, 6.45) is 0.651. The lowest BCUT2D eigenvalue weighted by Crippen LogP contribution is -2.36. The largest absolute Gasteiger partial charge is 0.353 e. The van der Waals surface area contributed by atoms with Crippen LogP contribution in [0.5, 0.6) is 0 Å². The van der Waals surface area contributed by atoms with Gasteiger partial charge in [0.05, 0.1) is 11.5 Å². The molecule has 1 N–H and O–H groups in total. The zero-order valence-electron chi connectivity index (χ0n) is 16.4. The minimum atomic E-state index is -2.94. The van der Waals surface area contributed by atoms with Crippen molar-refractivity contribution < 1.29 is 8.42 Å². The van der Waals surface area contributed by atoms with Gasteiger partial charge in [0.15, 0.2) is 9.84 Å². The maximum Gasteiger partial charge on any atom is 0.229 e. The van der Waals surface area contributed by atoms with Crippen molar-refractivity contribution in [2.24, 2.45) is 0 Å². The monoisotopic (exact) mass is 388 g/mol. The summed E-state index contributed by atoms with van der Waals surface area (Å²) in [5.74, 6) is 2.24. The topological polar surface area (TPSA) is 75.2 Å². The summed E-state index contributed by atoms with van der Waals surface area (Å²) < 4.78 is 23.7. The second-order valence-corrected chi connectivity index (χ2v) is 9.66. The molecule has 27 heavy (non-hydrogen) atoms. The lowest BCUT2D eigenvalue weighted by Gasteiger charge is -2.28. The molecule has 146 valence electrons. The first kappa shape index (κ1) is 19.6. The van der Waals surface area contributed by atoms with E-state index in [0.717, 1.165) is 17.2 Å². The summed E-state index contributed by atoms with van der Waals surface area (Å²) in [6.45, 7) is 9.00. The Labute approximate surface area is 162 Å². The van der Waals surface area contributed by atoms with Gasteiger partial charge in [0.1, 0.15) is 5.82 Å². The van der Waals surface area contributed by atoms with Crippen LogP contribution in [0.15, 0.2) is 30.3 Å². The number of nitrogens with one attached hydrogen (secondary N) is 1. The van der Waals surface area contributed by atoms with Crippen LogP contribution in [-0.2, 0) is 9.84 Å². The Morgan fingerprint density at radius 2 is 1.93 bits per heavy atom. The highest BCUT2D eigenvalue weighted by atomic mass is 32.2. The first-order valence-electron chi connectivity index (χ1n) is 9.47. The zero-order valence-corrected chi connectivity index (χ0v) is 17.3. The van der Waals surface area contributed by atoms with Crippen molar-refractivity contribution in [2.45, 2.75) is 46.1 Å². The molecule has 1 atom stereocenters. The van der Waals surface area contributed by atoms with Crippen molar-refractivity contribution in [3.8, 4) is 0 Å². The molecule has 1 aromatic heterocycles. The Hall–Kier alpha value is -2.15. The smallest absolute Gasteiger partial charge is 0.229 e. The summed E-state index contributed by atoms with van der Waals surface area (Å²) >= 11 is 0. The molecule has 0 aliphatic carbocycles. The van der Waals surface area contributed by atoms with Crippen LogP contribution in [0.25, 0.3) is 0 Å². The predicted octanol–water partition coefficient (Wildman–Crippen LogP) is 3.67. The van der Waals surface area contributed by atoms with Gasteiger partial charge in [0.25, 0.3) is 0 Å². The van der Waals surface area contributed by atoms with Gasteiger partial charge in [-0.3, -0.25) is 0 Å². The van der Waals surface area contributed by atoms with Gasteiger partial charge in [-0.25, -0.2) is 13.4 Å². The predicted molar refractivity (Wildman–Crippen MR) is 111 cm³/mol. The second-order valence-electron chi connectivity index (χ2n) is 7.44. The number of hydrogen-bond donors (Lipinski definition) is 1. The highest BCUT2D eigenvalue weighted by molar-refractivity contribution is 7.91. The first-order valence-corrected chi connectivity index (χ1v) is 11.3. The van der Waals surface area contributed by atoms with E-state index in [1.807, 2.05) is 32.0 Å². The number of nitrogens with zero attached hydrogens (tertiary/aromatic N) is 3. The van der Waals surface area contributed by atoms with Crippen molar-refractivity contribution in [1.82, 2.24) is 9.97 Å². The maximum atomic E-state index is 11.9. The van der Waals surface area contributed by atoms with Gasteiger partial charge in [-0.2, -0.15) is 4.98 Å².